The maximum Gasteiger partial charge on any atom is 0.266 e. The van der Waals surface area contributed by atoms with Crippen LogP contribution in [0.15, 0.2) is 36.7 Å². The Morgan fingerprint density at radius 2 is 1.88 bits per heavy atom. The molecule has 7 nitrogen and oxygen atoms in total. The Kier molecular flexibility index (Phi) is 6.43. The van der Waals surface area contributed by atoms with E-state index in [1.54, 1.807) is 19.1 Å². The number of hydrogen-bond donors (Lipinski definition) is 3. The van der Waals surface area contributed by atoms with Gasteiger partial charge in [-0.2, -0.15) is 0 Å². The molecule has 1 saturated heterocycles. The quantitative estimate of drug-likeness (QED) is 0.449. The van der Waals surface area contributed by atoms with Crippen molar-refractivity contribution in [1.29, 1.82) is 4.78 Å². The molecule has 0 radical (unpaired) electrons. The van der Waals surface area contributed by atoms with Gasteiger partial charge in [-0.1, -0.05) is 18.2 Å². The summed E-state index contributed by atoms with van der Waals surface area (Å²) in [6.45, 7) is 1.63. The predicted octanol–water partition coefficient (Wildman–Crippen LogP) is 4.92. The first kappa shape index (κ1) is 24.2. The van der Waals surface area contributed by atoms with Crippen LogP contribution in [-0.4, -0.2) is 37.9 Å². The topological polar surface area (TPSA) is 108 Å². The minimum atomic E-state index is -2.93. The van der Waals surface area contributed by atoms with Crippen LogP contribution in [0.3, 0.4) is 0 Å². The molecule has 4 rings (SSSR count). The molecule has 0 amide bonds. The maximum atomic E-state index is 14.7. The molecule has 1 fully saturated rings. The lowest BCUT2D eigenvalue weighted by Crippen LogP contribution is -2.36. The Balaban J connectivity index is 1.75. The molecule has 0 bridgehead atoms. The van der Waals surface area contributed by atoms with Gasteiger partial charge in [0.25, 0.3) is 6.43 Å². The van der Waals surface area contributed by atoms with Gasteiger partial charge < -0.3 is 15.2 Å². The smallest absolute Gasteiger partial charge is 0.266 e. The van der Waals surface area contributed by atoms with E-state index >= 15 is 0 Å². The monoisotopic (exact) mass is 494 g/mol. The summed E-state index contributed by atoms with van der Waals surface area (Å²) < 4.78 is 66.4. The van der Waals surface area contributed by atoms with Crippen LogP contribution in [0.2, 0.25) is 0 Å². The van der Waals surface area contributed by atoms with Crippen molar-refractivity contribution in [3.05, 3.63) is 59.2 Å². The first-order valence-electron chi connectivity index (χ1n) is 10.7. The van der Waals surface area contributed by atoms with Gasteiger partial charge in [-0.15, -0.1) is 0 Å². The Morgan fingerprint density at radius 3 is 2.53 bits per heavy atom. The van der Waals surface area contributed by atoms with Crippen LogP contribution < -0.4 is 10.1 Å². The molecule has 34 heavy (non-hydrogen) atoms. The zero-order chi connectivity index (χ0) is 24.7. The number of aromatic nitrogens is 2. The summed E-state index contributed by atoms with van der Waals surface area (Å²) in [6, 6.07) is 6.47. The van der Waals surface area contributed by atoms with Crippen LogP contribution in [0.5, 0.6) is 5.75 Å². The fourth-order valence-corrected chi connectivity index (χ4v) is 5.79. The first-order chi connectivity index (χ1) is 16.0. The molecule has 1 aliphatic heterocycles. The molecule has 0 saturated carbocycles. The van der Waals surface area contributed by atoms with Crippen LogP contribution in [-0.2, 0) is 15.3 Å². The van der Waals surface area contributed by atoms with Gasteiger partial charge in [0.1, 0.15) is 23.7 Å². The molecule has 2 aromatic carbocycles. The second-order valence-electron chi connectivity index (χ2n) is 8.46. The zero-order valence-corrected chi connectivity index (χ0v) is 19.5. The lowest BCUT2D eigenvalue weighted by atomic mass is 9.86. The molecular weight excluding hydrogens is 469 g/mol. The summed E-state index contributed by atoms with van der Waals surface area (Å²) in [4.78, 5) is 8.51. The van der Waals surface area contributed by atoms with Crippen molar-refractivity contribution in [2.45, 2.75) is 37.8 Å². The van der Waals surface area contributed by atoms with Gasteiger partial charge in [-0.25, -0.2) is 27.3 Å². The highest BCUT2D eigenvalue weighted by Gasteiger charge is 2.38. The summed E-state index contributed by atoms with van der Waals surface area (Å²) in [6.07, 6.45) is -1.35. The fourth-order valence-electron chi connectivity index (χ4n) is 4.25. The number of alkyl halides is 2. The third kappa shape index (κ3) is 4.54. The third-order valence-electron chi connectivity index (χ3n) is 6.26. The number of fused-ring (bicyclic) bond motifs is 1. The SMILES string of the molecule is COc1cc2ncnc(NC(C)c3cccc(C(F)F)c3F)c2cc1C1(O)CCS(=N)(=O)CC1. The van der Waals surface area contributed by atoms with Crippen LogP contribution in [0, 0.1) is 10.6 Å². The lowest BCUT2D eigenvalue weighted by Gasteiger charge is -2.34. The van der Waals surface area contributed by atoms with Crippen molar-refractivity contribution in [2.75, 3.05) is 23.9 Å². The van der Waals surface area contributed by atoms with Crippen molar-refractivity contribution in [3.63, 3.8) is 0 Å². The minimum absolute atomic E-state index is 0.0643. The largest absolute Gasteiger partial charge is 0.496 e. The van der Waals surface area contributed by atoms with Gasteiger partial charge in [0, 0.05) is 43.8 Å². The zero-order valence-electron chi connectivity index (χ0n) is 18.6. The molecule has 2 heterocycles. The highest BCUT2D eigenvalue weighted by molar-refractivity contribution is 7.92. The van der Waals surface area contributed by atoms with Crippen LogP contribution in [0.1, 0.15) is 48.9 Å². The number of anilines is 1. The summed E-state index contributed by atoms with van der Waals surface area (Å²) >= 11 is 0. The molecule has 1 aromatic heterocycles. The van der Waals surface area contributed by atoms with E-state index in [0.29, 0.717) is 28.0 Å². The van der Waals surface area contributed by atoms with E-state index in [4.69, 9.17) is 9.52 Å². The number of benzene rings is 2. The number of methoxy groups -OCH3 is 1. The predicted molar refractivity (Wildman–Crippen MR) is 123 cm³/mol. The highest BCUT2D eigenvalue weighted by Crippen LogP contribution is 2.42. The van der Waals surface area contributed by atoms with E-state index in [0.717, 1.165) is 6.07 Å². The Morgan fingerprint density at radius 1 is 1.21 bits per heavy atom. The number of halogens is 3. The van der Waals surface area contributed by atoms with Gasteiger partial charge in [0.05, 0.1) is 29.8 Å². The average molecular weight is 495 g/mol. The highest BCUT2D eigenvalue weighted by atomic mass is 32.2. The molecule has 0 spiro atoms. The molecule has 11 heteroatoms. The summed E-state index contributed by atoms with van der Waals surface area (Å²) in [5, 5.41) is 14.9. The summed E-state index contributed by atoms with van der Waals surface area (Å²) in [5.74, 6) is -0.127. The normalized spacial score (nSPS) is 23.7. The maximum absolute atomic E-state index is 14.7. The number of nitrogens with zero attached hydrogens (tertiary/aromatic N) is 2. The molecular formula is C23H25F3N4O3S. The van der Waals surface area contributed by atoms with Crippen LogP contribution in [0.25, 0.3) is 10.9 Å². The number of rotatable bonds is 6. The molecule has 182 valence electrons. The number of ether oxygens (including phenoxy) is 1. The van der Waals surface area contributed by atoms with Gasteiger partial charge in [0.2, 0.25) is 0 Å². The third-order valence-corrected chi connectivity index (χ3v) is 7.99. The molecule has 1 unspecified atom stereocenters. The Bertz CT molecular complexity index is 1320. The van der Waals surface area contributed by atoms with Crippen molar-refractivity contribution in [1.82, 2.24) is 9.97 Å². The number of hydrogen-bond acceptors (Lipinski definition) is 7. The number of aliphatic hydroxyl groups is 1. The molecule has 3 N–H and O–H groups in total. The molecule has 1 aliphatic rings. The van der Waals surface area contributed by atoms with Crippen molar-refractivity contribution >= 4 is 26.4 Å². The van der Waals surface area contributed by atoms with Gasteiger partial charge in [-0.05, 0) is 25.8 Å². The molecule has 3 aromatic rings. The van der Waals surface area contributed by atoms with E-state index in [1.165, 1.54) is 25.6 Å². The van der Waals surface area contributed by atoms with Crippen molar-refractivity contribution in [2.24, 2.45) is 0 Å². The summed E-state index contributed by atoms with van der Waals surface area (Å²) in [7, 11) is -1.26. The van der Waals surface area contributed by atoms with E-state index in [-0.39, 0.29) is 29.9 Å². The molecule has 1 atom stereocenters. The van der Waals surface area contributed by atoms with E-state index in [9.17, 15) is 22.5 Å². The van der Waals surface area contributed by atoms with Gasteiger partial charge >= 0.3 is 0 Å². The van der Waals surface area contributed by atoms with Gasteiger partial charge in [-0.3, -0.25) is 4.78 Å². The Labute approximate surface area is 195 Å². The standard InChI is InChI=1S/C23H25F3N4O3S/c1-13(14-4-3-5-15(20(14)24)21(25)26)30-22-16-10-17(19(33-2)11-18(16)28-12-29-22)23(31)6-8-34(27,32)9-7-23/h3-5,10-13,21,27,31H,6-9H2,1-2H3,(H,28,29,30). The average Bonchev–Trinajstić information content (AvgIpc) is 2.80. The first-order valence-corrected chi connectivity index (χ1v) is 12.6. The summed E-state index contributed by atoms with van der Waals surface area (Å²) in [5.41, 5.74) is -1.01. The van der Waals surface area contributed by atoms with E-state index < -0.39 is 39.2 Å². The van der Waals surface area contributed by atoms with Crippen LogP contribution >= 0.6 is 0 Å². The molecule has 0 aliphatic carbocycles. The van der Waals surface area contributed by atoms with Crippen molar-refractivity contribution in [3.8, 4) is 5.75 Å². The second kappa shape index (κ2) is 9.03. The van der Waals surface area contributed by atoms with Crippen LogP contribution in [0.4, 0.5) is 19.0 Å². The van der Waals surface area contributed by atoms with E-state index in [2.05, 4.69) is 15.3 Å². The number of nitrogens with one attached hydrogen (secondary N) is 2. The van der Waals surface area contributed by atoms with Crippen molar-refractivity contribution < 1.29 is 27.2 Å². The lowest BCUT2D eigenvalue weighted by molar-refractivity contribution is 0.0247. The van der Waals surface area contributed by atoms with Gasteiger partial charge in [0.15, 0.2) is 0 Å². The van der Waals surface area contributed by atoms with E-state index in [1.807, 2.05) is 0 Å². The fraction of sp³-hybridized carbons (Fsp3) is 0.391. The minimum Gasteiger partial charge on any atom is -0.496 e. The Hall–Kier alpha value is -2.92. The second-order valence-corrected chi connectivity index (χ2v) is 10.9.